The van der Waals surface area contributed by atoms with Gasteiger partial charge in [0.1, 0.15) is 0 Å². The lowest BCUT2D eigenvalue weighted by atomic mass is 10.1. The number of pyridine rings is 1. The van der Waals surface area contributed by atoms with E-state index in [1.54, 1.807) is 12.4 Å². The molecule has 2 rings (SSSR count). The van der Waals surface area contributed by atoms with Crippen molar-refractivity contribution in [2.45, 2.75) is 0 Å². The molecule has 0 radical (unpaired) electrons. The lowest BCUT2D eigenvalue weighted by Crippen LogP contribution is -1.82. The van der Waals surface area contributed by atoms with Crippen molar-refractivity contribution in [1.29, 1.82) is 5.26 Å². The van der Waals surface area contributed by atoms with Crippen LogP contribution in [0, 0.1) is 11.3 Å². The van der Waals surface area contributed by atoms with Crippen LogP contribution in [0.3, 0.4) is 0 Å². The third-order valence-electron chi connectivity index (χ3n) is 2.22. The van der Waals surface area contributed by atoms with Gasteiger partial charge in [-0.2, -0.15) is 5.26 Å². The first-order valence-electron chi connectivity index (χ1n) is 4.97. The fraction of sp³-hybridized carbons (Fsp3) is 0. The monoisotopic (exact) mass is 206 g/mol. The topological polar surface area (TPSA) is 36.7 Å². The van der Waals surface area contributed by atoms with Crippen LogP contribution in [0.4, 0.5) is 0 Å². The lowest BCUT2D eigenvalue weighted by Gasteiger charge is -1.98. The minimum atomic E-state index is 0.647. The van der Waals surface area contributed by atoms with E-state index in [4.69, 9.17) is 5.26 Å². The van der Waals surface area contributed by atoms with Gasteiger partial charge in [0.2, 0.25) is 0 Å². The van der Waals surface area contributed by atoms with E-state index in [0.717, 1.165) is 11.1 Å². The molecule has 76 valence electrons. The second-order valence-electron chi connectivity index (χ2n) is 3.32. The molecule has 0 aliphatic rings. The Balaban J connectivity index is 2.39. The minimum absolute atomic E-state index is 0.647. The van der Waals surface area contributed by atoms with Gasteiger partial charge in [-0.1, -0.05) is 30.3 Å². The maximum absolute atomic E-state index is 9.10. The predicted octanol–water partition coefficient (Wildman–Crippen LogP) is 3.15. The van der Waals surface area contributed by atoms with E-state index < -0.39 is 0 Å². The average molecular weight is 206 g/mol. The molecule has 1 heterocycles. The Morgan fingerprint density at radius 3 is 2.38 bits per heavy atom. The van der Waals surface area contributed by atoms with Gasteiger partial charge in [-0.15, -0.1) is 0 Å². The quantitative estimate of drug-likeness (QED) is 0.708. The van der Waals surface area contributed by atoms with Gasteiger partial charge in [-0.05, 0) is 29.3 Å². The minimum Gasteiger partial charge on any atom is -0.265 e. The summed E-state index contributed by atoms with van der Waals surface area (Å²) in [5.41, 5.74) is 2.56. The lowest BCUT2D eigenvalue weighted by molar-refractivity contribution is 1.32. The van der Waals surface area contributed by atoms with Gasteiger partial charge < -0.3 is 0 Å². The van der Waals surface area contributed by atoms with Gasteiger partial charge >= 0.3 is 0 Å². The van der Waals surface area contributed by atoms with Gasteiger partial charge in [0.25, 0.3) is 0 Å². The third-order valence-corrected chi connectivity index (χ3v) is 2.22. The van der Waals surface area contributed by atoms with E-state index in [0.29, 0.717) is 5.57 Å². The van der Waals surface area contributed by atoms with Crippen LogP contribution in [-0.2, 0) is 0 Å². The fourth-order valence-corrected chi connectivity index (χ4v) is 1.43. The first-order valence-corrected chi connectivity index (χ1v) is 4.97. The van der Waals surface area contributed by atoms with Gasteiger partial charge in [-0.25, -0.2) is 0 Å². The maximum Gasteiger partial charge on any atom is 0.0998 e. The Labute approximate surface area is 94.5 Å². The maximum atomic E-state index is 9.10. The van der Waals surface area contributed by atoms with Crippen molar-refractivity contribution in [2.75, 3.05) is 0 Å². The highest BCUT2D eigenvalue weighted by molar-refractivity contribution is 5.89. The summed E-state index contributed by atoms with van der Waals surface area (Å²) in [5.74, 6) is 0. The molecule has 0 saturated carbocycles. The number of allylic oxidation sites excluding steroid dienone is 1. The second-order valence-corrected chi connectivity index (χ2v) is 3.32. The second kappa shape index (κ2) is 4.90. The van der Waals surface area contributed by atoms with Gasteiger partial charge in [0.15, 0.2) is 0 Å². The molecular weight excluding hydrogens is 196 g/mol. The highest BCUT2D eigenvalue weighted by Gasteiger charge is 1.99. The number of hydrogen-bond donors (Lipinski definition) is 0. The first-order chi connectivity index (χ1) is 7.90. The normalized spacial score (nSPS) is 10.8. The number of nitrogens with zero attached hydrogens (tertiary/aromatic N) is 2. The van der Waals surface area contributed by atoms with Gasteiger partial charge in [-0.3, -0.25) is 4.98 Å². The summed E-state index contributed by atoms with van der Waals surface area (Å²) in [6.45, 7) is 0. The molecule has 0 saturated heterocycles. The molecule has 2 aromatic rings. The largest absolute Gasteiger partial charge is 0.265 e. The van der Waals surface area contributed by atoms with Gasteiger partial charge in [0, 0.05) is 12.4 Å². The summed E-state index contributed by atoms with van der Waals surface area (Å²) in [5, 5.41) is 9.10. The Morgan fingerprint density at radius 2 is 1.75 bits per heavy atom. The van der Waals surface area contributed by atoms with E-state index in [-0.39, 0.29) is 0 Å². The Bertz CT molecular complexity index is 522. The molecule has 0 fully saturated rings. The number of nitriles is 1. The van der Waals surface area contributed by atoms with Crippen LogP contribution in [0.5, 0.6) is 0 Å². The van der Waals surface area contributed by atoms with Crippen molar-refractivity contribution >= 4 is 11.6 Å². The number of rotatable bonds is 2. The summed E-state index contributed by atoms with van der Waals surface area (Å²) in [7, 11) is 0. The van der Waals surface area contributed by atoms with E-state index in [1.807, 2.05) is 48.5 Å². The summed E-state index contributed by atoms with van der Waals surface area (Å²) in [4.78, 5) is 3.93. The van der Waals surface area contributed by atoms with Crippen LogP contribution < -0.4 is 0 Å². The van der Waals surface area contributed by atoms with Crippen molar-refractivity contribution in [3.05, 3.63) is 66.0 Å². The van der Waals surface area contributed by atoms with E-state index >= 15 is 0 Å². The molecule has 0 atom stereocenters. The molecule has 0 amide bonds. The summed E-state index contributed by atoms with van der Waals surface area (Å²) in [6.07, 6.45) is 5.24. The SMILES string of the molecule is N#CC(=Cc1ccccc1)c1ccncc1. The average Bonchev–Trinajstić information content (AvgIpc) is 2.38. The zero-order chi connectivity index (χ0) is 11.2. The molecule has 1 aromatic carbocycles. The van der Waals surface area contributed by atoms with Crippen LogP contribution in [0.25, 0.3) is 11.6 Å². The molecule has 0 aliphatic heterocycles. The number of benzene rings is 1. The standard InChI is InChI=1S/C14H10N2/c15-11-14(13-6-8-16-9-7-13)10-12-4-2-1-3-5-12/h1-10H. The molecule has 0 bridgehead atoms. The number of hydrogen-bond acceptors (Lipinski definition) is 2. The van der Waals surface area contributed by atoms with Crippen molar-refractivity contribution < 1.29 is 0 Å². The zero-order valence-electron chi connectivity index (χ0n) is 8.67. The molecular formula is C14H10N2. The predicted molar refractivity (Wildman–Crippen MR) is 64.2 cm³/mol. The van der Waals surface area contributed by atoms with Gasteiger partial charge in [0.05, 0.1) is 11.6 Å². The Kier molecular flexibility index (Phi) is 3.10. The van der Waals surface area contributed by atoms with Crippen LogP contribution in [0.2, 0.25) is 0 Å². The van der Waals surface area contributed by atoms with E-state index in [2.05, 4.69) is 11.1 Å². The van der Waals surface area contributed by atoms with Crippen molar-refractivity contribution in [1.82, 2.24) is 4.98 Å². The molecule has 0 aliphatic carbocycles. The fourth-order valence-electron chi connectivity index (χ4n) is 1.43. The van der Waals surface area contributed by atoms with Crippen LogP contribution in [0.15, 0.2) is 54.9 Å². The van der Waals surface area contributed by atoms with Crippen LogP contribution in [0.1, 0.15) is 11.1 Å². The summed E-state index contributed by atoms with van der Waals surface area (Å²) in [6, 6.07) is 15.7. The van der Waals surface area contributed by atoms with Crippen molar-refractivity contribution in [3.8, 4) is 6.07 Å². The molecule has 0 N–H and O–H groups in total. The molecule has 1 aromatic heterocycles. The van der Waals surface area contributed by atoms with E-state index in [9.17, 15) is 0 Å². The highest BCUT2D eigenvalue weighted by Crippen LogP contribution is 2.16. The Hall–Kier alpha value is -2.40. The summed E-state index contributed by atoms with van der Waals surface area (Å²) >= 11 is 0. The molecule has 16 heavy (non-hydrogen) atoms. The zero-order valence-corrected chi connectivity index (χ0v) is 8.67. The highest BCUT2D eigenvalue weighted by atomic mass is 14.6. The Morgan fingerprint density at radius 1 is 1.06 bits per heavy atom. The van der Waals surface area contributed by atoms with E-state index in [1.165, 1.54) is 0 Å². The molecule has 2 heteroatoms. The third kappa shape index (κ3) is 2.34. The molecule has 0 unspecified atom stereocenters. The van der Waals surface area contributed by atoms with Crippen LogP contribution >= 0.6 is 0 Å². The van der Waals surface area contributed by atoms with Crippen LogP contribution in [-0.4, -0.2) is 4.98 Å². The van der Waals surface area contributed by atoms with Crippen molar-refractivity contribution in [3.63, 3.8) is 0 Å². The first kappa shape index (κ1) is 10.1. The summed E-state index contributed by atoms with van der Waals surface area (Å²) < 4.78 is 0. The molecule has 0 spiro atoms. The van der Waals surface area contributed by atoms with Crippen molar-refractivity contribution in [2.24, 2.45) is 0 Å². The molecule has 2 nitrogen and oxygen atoms in total. The number of aromatic nitrogens is 1. The smallest absolute Gasteiger partial charge is 0.0998 e.